The van der Waals surface area contributed by atoms with Crippen LogP contribution in [0.2, 0.25) is 0 Å². The first-order valence-corrected chi connectivity index (χ1v) is 21.2. The molecule has 0 saturated carbocycles. The lowest BCUT2D eigenvalue weighted by atomic mass is 9.93. The van der Waals surface area contributed by atoms with Crippen LogP contribution in [0.1, 0.15) is 0 Å². The van der Waals surface area contributed by atoms with E-state index in [2.05, 4.69) is 174 Å². The number of nitrogens with zero attached hydrogens (tertiary/aromatic N) is 3. The molecule has 0 unspecified atom stereocenters. The lowest BCUT2D eigenvalue weighted by Crippen LogP contribution is -1.98. The third-order valence-electron chi connectivity index (χ3n) is 12.4. The average molecular weight is 806 g/mol. The molecule has 0 atom stereocenters. The number of rotatable bonds is 6. The summed E-state index contributed by atoms with van der Waals surface area (Å²) < 4.78 is 15.1. The van der Waals surface area contributed by atoms with E-state index in [-0.39, 0.29) is 0 Å². The first kappa shape index (κ1) is 35.2. The highest BCUT2D eigenvalue weighted by atomic mass is 16.3. The number of furan rings is 2. The number of hydrogen-bond donors (Lipinski definition) is 0. The van der Waals surface area contributed by atoms with Crippen molar-refractivity contribution in [1.82, 2.24) is 14.5 Å². The van der Waals surface area contributed by atoms with E-state index in [4.69, 9.17) is 18.8 Å². The van der Waals surface area contributed by atoms with E-state index in [1.807, 2.05) is 42.5 Å². The molecule has 9 aromatic carbocycles. The molecular weight excluding hydrogens is 771 g/mol. The predicted molar refractivity (Wildman–Crippen MR) is 258 cm³/mol. The van der Waals surface area contributed by atoms with Gasteiger partial charge in [-0.2, -0.15) is 0 Å². The highest BCUT2D eigenvalue weighted by molar-refractivity contribution is 6.10. The van der Waals surface area contributed by atoms with Crippen molar-refractivity contribution in [2.75, 3.05) is 0 Å². The Balaban J connectivity index is 1.02. The van der Waals surface area contributed by atoms with Gasteiger partial charge in [0.05, 0.1) is 22.4 Å². The smallest absolute Gasteiger partial charge is 0.160 e. The van der Waals surface area contributed by atoms with Crippen LogP contribution in [-0.2, 0) is 0 Å². The molecule has 0 aliphatic carbocycles. The summed E-state index contributed by atoms with van der Waals surface area (Å²) in [7, 11) is 0. The Kier molecular flexibility index (Phi) is 7.84. The molecule has 0 N–H and O–H groups in total. The molecule has 0 radical (unpaired) electrons. The normalized spacial score (nSPS) is 11.8. The molecule has 5 nitrogen and oxygen atoms in total. The largest absolute Gasteiger partial charge is 0.456 e. The maximum Gasteiger partial charge on any atom is 0.160 e. The fourth-order valence-electron chi connectivity index (χ4n) is 9.38. The number of hydrogen-bond acceptors (Lipinski definition) is 4. The van der Waals surface area contributed by atoms with Gasteiger partial charge in [-0.3, -0.25) is 0 Å². The highest BCUT2D eigenvalue weighted by Gasteiger charge is 2.18. The predicted octanol–water partition coefficient (Wildman–Crippen LogP) is 15.7. The maximum atomic E-state index is 6.40. The Morgan fingerprint density at radius 1 is 0.286 bits per heavy atom. The van der Waals surface area contributed by atoms with Crippen LogP contribution in [0.15, 0.2) is 221 Å². The SMILES string of the molecule is c1ccc(-c2nc(-c3cc(-c4ccc5c(c4)oc4ccccc45)cc(-c4ccc5c(c4)oc4ccccc45)c3)cc(-c3cccc(-n4c5ccccc5c5ccccc54)c3)n2)cc1. The van der Waals surface area contributed by atoms with Gasteiger partial charge in [-0.1, -0.05) is 127 Å². The lowest BCUT2D eigenvalue weighted by Gasteiger charge is -2.14. The molecule has 0 fully saturated rings. The zero-order chi connectivity index (χ0) is 41.4. The second-order valence-electron chi connectivity index (χ2n) is 16.2. The van der Waals surface area contributed by atoms with Crippen LogP contribution >= 0.6 is 0 Å². The van der Waals surface area contributed by atoms with Crippen LogP contribution in [0.25, 0.3) is 128 Å². The zero-order valence-electron chi connectivity index (χ0n) is 33.9. The third kappa shape index (κ3) is 5.86. The molecule has 4 heterocycles. The van der Waals surface area contributed by atoms with Gasteiger partial charge >= 0.3 is 0 Å². The van der Waals surface area contributed by atoms with Crippen molar-refractivity contribution in [2.24, 2.45) is 0 Å². The molecule has 0 amide bonds. The fraction of sp³-hybridized carbons (Fsp3) is 0. The second kappa shape index (κ2) is 14.0. The summed E-state index contributed by atoms with van der Waals surface area (Å²) >= 11 is 0. The van der Waals surface area contributed by atoms with Crippen molar-refractivity contribution in [3.63, 3.8) is 0 Å². The molecular formula is C58H35N3O2. The zero-order valence-corrected chi connectivity index (χ0v) is 33.9. The van der Waals surface area contributed by atoms with Crippen molar-refractivity contribution in [3.05, 3.63) is 212 Å². The van der Waals surface area contributed by atoms with Gasteiger partial charge in [0.2, 0.25) is 0 Å². The standard InChI is InChI=1S/C58H35N3O2/c1-2-13-36(14-3-1)58-59-50(39-15-12-16-43(32-39)61-52-21-8-4-17-44(52)45-18-5-9-22-53(45)61)35-51(60-58)42-30-40(37-25-27-48-46-19-6-10-23-54(46)62-56(48)33-37)29-41(31-42)38-26-28-49-47-20-7-11-24-55(47)63-57(49)34-38/h1-35H. The van der Waals surface area contributed by atoms with Crippen molar-refractivity contribution in [3.8, 4) is 61.8 Å². The molecule has 4 aromatic heterocycles. The number of para-hydroxylation sites is 4. The Hall–Kier alpha value is -8.54. The molecule has 0 saturated heterocycles. The topological polar surface area (TPSA) is 57.0 Å². The maximum absolute atomic E-state index is 6.40. The number of fused-ring (bicyclic) bond motifs is 9. The highest BCUT2D eigenvalue weighted by Crippen LogP contribution is 2.40. The quantitative estimate of drug-likeness (QED) is 0.168. The summed E-state index contributed by atoms with van der Waals surface area (Å²) in [6, 6.07) is 74.5. The molecule has 0 bridgehead atoms. The first-order valence-electron chi connectivity index (χ1n) is 21.2. The second-order valence-corrected chi connectivity index (χ2v) is 16.2. The Labute approximate surface area is 361 Å². The number of aromatic nitrogens is 3. The molecule has 13 aromatic rings. The molecule has 63 heavy (non-hydrogen) atoms. The Bertz CT molecular complexity index is 3740. The molecule has 5 heteroatoms. The van der Waals surface area contributed by atoms with Crippen molar-refractivity contribution < 1.29 is 8.83 Å². The van der Waals surface area contributed by atoms with E-state index in [9.17, 15) is 0 Å². The van der Waals surface area contributed by atoms with E-state index < -0.39 is 0 Å². The fourth-order valence-corrected chi connectivity index (χ4v) is 9.38. The van der Waals surface area contributed by atoms with E-state index >= 15 is 0 Å². The Morgan fingerprint density at radius 2 is 0.762 bits per heavy atom. The van der Waals surface area contributed by atoms with Crippen molar-refractivity contribution >= 4 is 65.7 Å². The van der Waals surface area contributed by atoms with Crippen LogP contribution in [0.5, 0.6) is 0 Å². The third-order valence-corrected chi connectivity index (χ3v) is 12.4. The minimum absolute atomic E-state index is 0.657. The van der Waals surface area contributed by atoms with Gasteiger partial charge in [-0.15, -0.1) is 0 Å². The van der Waals surface area contributed by atoms with Crippen molar-refractivity contribution in [2.45, 2.75) is 0 Å². The van der Waals surface area contributed by atoms with E-state index in [0.717, 1.165) is 111 Å². The van der Waals surface area contributed by atoms with Crippen LogP contribution in [0.4, 0.5) is 0 Å². The van der Waals surface area contributed by atoms with E-state index in [0.29, 0.717) is 5.82 Å². The van der Waals surface area contributed by atoms with Gasteiger partial charge in [-0.05, 0) is 107 Å². The number of benzene rings is 9. The summed E-state index contributed by atoms with van der Waals surface area (Å²) in [6.45, 7) is 0. The summed E-state index contributed by atoms with van der Waals surface area (Å²) in [6.07, 6.45) is 0. The van der Waals surface area contributed by atoms with Crippen LogP contribution in [0.3, 0.4) is 0 Å². The molecule has 13 rings (SSSR count). The van der Waals surface area contributed by atoms with E-state index in [1.165, 1.54) is 10.8 Å². The van der Waals surface area contributed by atoms with Gasteiger partial charge < -0.3 is 13.4 Å². The summed E-state index contributed by atoms with van der Waals surface area (Å²) in [5, 5.41) is 6.86. The first-order chi connectivity index (χ1) is 31.2. The summed E-state index contributed by atoms with van der Waals surface area (Å²) in [5.74, 6) is 0.657. The van der Waals surface area contributed by atoms with Gasteiger partial charge in [0.15, 0.2) is 5.82 Å². The van der Waals surface area contributed by atoms with Crippen LogP contribution in [-0.4, -0.2) is 14.5 Å². The molecule has 0 aliphatic heterocycles. The lowest BCUT2D eigenvalue weighted by molar-refractivity contribution is 0.668. The van der Waals surface area contributed by atoms with Gasteiger partial charge in [0.25, 0.3) is 0 Å². The minimum atomic E-state index is 0.657. The monoisotopic (exact) mass is 805 g/mol. The van der Waals surface area contributed by atoms with Crippen molar-refractivity contribution in [1.29, 1.82) is 0 Å². The minimum Gasteiger partial charge on any atom is -0.456 e. The molecule has 294 valence electrons. The Morgan fingerprint density at radius 3 is 1.37 bits per heavy atom. The molecule has 0 aliphatic rings. The van der Waals surface area contributed by atoms with Crippen LogP contribution in [0, 0.1) is 0 Å². The van der Waals surface area contributed by atoms with Gasteiger partial charge in [0, 0.05) is 54.7 Å². The summed E-state index contributed by atoms with van der Waals surface area (Å²) in [5.41, 5.74) is 15.6. The average Bonchev–Trinajstić information content (AvgIpc) is 4.03. The van der Waals surface area contributed by atoms with E-state index in [1.54, 1.807) is 0 Å². The van der Waals surface area contributed by atoms with Gasteiger partial charge in [-0.25, -0.2) is 9.97 Å². The molecule has 0 spiro atoms. The summed E-state index contributed by atoms with van der Waals surface area (Å²) in [4.78, 5) is 10.6. The van der Waals surface area contributed by atoms with Gasteiger partial charge in [0.1, 0.15) is 22.3 Å². The van der Waals surface area contributed by atoms with Crippen LogP contribution < -0.4 is 0 Å².